The minimum absolute atomic E-state index is 0.120. The van der Waals surface area contributed by atoms with Crippen molar-refractivity contribution in [3.63, 3.8) is 0 Å². The molecule has 15 heteroatoms. The molecule has 0 unspecified atom stereocenters. The predicted molar refractivity (Wildman–Crippen MR) is 613 cm³/mol. The van der Waals surface area contributed by atoms with Crippen molar-refractivity contribution < 1.29 is 25.6 Å². The van der Waals surface area contributed by atoms with Crippen LogP contribution in [0.5, 0.6) is 0 Å². The highest BCUT2D eigenvalue weighted by molar-refractivity contribution is 6.18. The molecule has 0 fully saturated rings. The van der Waals surface area contributed by atoms with Gasteiger partial charge in [-0.15, -0.1) is 0 Å². The van der Waals surface area contributed by atoms with Crippen molar-refractivity contribution >= 4 is 156 Å². The highest BCUT2D eigenvalue weighted by atomic mass is 15.1. The molecule has 10 aromatic heterocycles. The van der Waals surface area contributed by atoms with Crippen LogP contribution in [0.25, 0.3) is 218 Å². The van der Waals surface area contributed by atoms with E-state index >= 15 is 0 Å². The highest BCUT2D eigenvalue weighted by Gasteiger charge is 2.36. The van der Waals surface area contributed by atoms with Crippen molar-refractivity contribution in [2.24, 2.45) is 47.1 Å². The fraction of sp³-hybridized carbons (Fsp3) is 0.233. The molecule has 0 radical (unpaired) electrons. The van der Waals surface area contributed by atoms with E-state index in [0.29, 0.717) is 5.92 Å². The number of hydrogen-bond donors (Lipinski definition) is 0. The Labute approximate surface area is 868 Å². The van der Waals surface area contributed by atoms with E-state index in [1.165, 1.54) is 227 Å². The molecule has 0 spiro atoms. The Morgan fingerprint density at radius 3 is 1.05 bits per heavy atom. The molecule has 0 atom stereocenters. The van der Waals surface area contributed by atoms with Crippen LogP contribution < -0.4 is 22.8 Å². The van der Waals surface area contributed by atoms with Crippen LogP contribution in [0.15, 0.2) is 277 Å². The average Bonchev–Trinajstić information content (AvgIpc) is 1.55. The van der Waals surface area contributed by atoms with Crippen LogP contribution in [0, 0.1) is 74.1 Å². The van der Waals surface area contributed by atoms with Gasteiger partial charge in [0.15, 0.2) is 6.20 Å². The third kappa shape index (κ3) is 15.2. The Hall–Kier alpha value is -16.3. The summed E-state index contributed by atoms with van der Waals surface area (Å²) in [5.41, 5.74) is 48.1. The molecule has 730 valence electrons. The summed E-state index contributed by atoms with van der Waals surface area (Å²) in [6.45, 7) is 37.2. The van der Waals surface area contributed by atoms with E-state index in [1.807, 2.05) is 32.2 Å². The summed E-state index contributed by atoms with van der Waals surface area (Å²) in [5.74, 6) is 6.15. The molecule has 5 aliphatic heterocycles. The molecule has 148 heavy (non-hydrogen) atoms. The van der Waals surface area contributed by atoms with E-state index in [-0.39, 0.29) is 5.92 Å². The van der Waals surface area contributed by atoms with Gasteiger partial charge in [0, 0.05) is 165 Å². The number of hydrogen-bond acceptors (Lipinski definition) is 5. The maximum atomic E-state index is 8.73. The van der Waals surface area contributed by atoms with Crippen LogP contribution in [-0.4, -0.2) is 47.8 Å². The summed E-state index contributed by atoms with van der Waals surface area (Å²) in [5, 5.41) is 15.2. The van der Waals surface area contributed by atoms with Gasteiger partial charge in [0.05, 0.1) is 66.3 Å². The molecular weight excluding hydrogens is 1810 g/mol. The lowest BCUT2D eigenvalue weighted by Gasteiger charge is -2.14. The third-order valence-electron chi connectivity index (χ3n) is 32.0. The highest BCUT2D eigenvalue weighted by Crippen LogP contribution is 2.48. The van der Waals surface area contributed by atoms with Crippen molar-refractivity contribution in [1.29, 1.82) is 0 Å². The van der Waals surface area contributed by atoms with Crippen LogP contribution in [0.1, 0.15) is 154 Å². The molecule has 0 amide bonds. The molecule has 13 aromatic carbocycles. The van der Waals surface area contributed by atoms with Gasteiger partial charge < -0.3 is 22.8 Å². The second kappa shape index (κ2) is 36.4. The summed E-state index contributed by atoms with van der Waals surface area (Å²) in [6, 6.07) is 85.1. The standard InChI is InChI=1S/2C30H30N3.2C28H26N3.C17H16N3/c2*1-18(2)15-21-9-8-12-25-23(21)13-14-26(32(25)5)28-20(4)22-10-6-7-11-24(22)30-29(28)31-27-16-19(3)17-33(27)30;2*1-16-13-24-29-27-26(19(4)20-10-6-7-11-21(20)28(27)31(24)15-16)23-14-18(3)25-17(2)9-8-12-22(25)30(23)5;1-12-6-7-13-11-15-18-8-10-20(15)17(13)16(12)14-5-3-4-9-19(14)2/h2*6-14,17-18H,15-16H2,1-5H3;2*6-12,14-15H,13H2,1-5H3;3-10H,11H2,1-2H3/q5*+1/i15D2;;;;. The summed E-state index contributed by atoms with van der Waals surface area (Å²) >= 11 is 0. The number of benzene rings is 13. The second-order valence-corrected chi connectivity index (χ2v) is 43.0. The first-order chi connectivity index (χ1) is 72.3. The lowest BCUT2D eigenvalue weighted by molar-refractivity contribution is -0.660. The molecule has 0 aliphatic carbocycles. The zero-order chi connectivity index (χ0) is 104. The third-order valence-corrected chi connectivity index (χ3v) is 32.0. The summed E-state index contributed by atoms with van der Waals surface area (Å²) in [7, 11) is 10.7. The van der Waals surface area contributed by atoms with Gasteiger partial charge in [0.1, 0.15) is 86.4 Å². The Balaban J connectivity index is 0.000000101. The molecule has 15 heterocycles. The summed E-state index contributed by atoms with van der Waals surface area (Å²) in [6.07, 6.45) is 19.3. The molecule has 0 bridgehead atoms. The first-order valence-corrected chi connectivity index (χ1v) is 52.4. The Kier molecular flexibility index (Phi) is 22.6. The van der Waals surface area contributed by atoms with Gasteiger partial charge >= 0.3 is 0 Å². The van der Waals surface area contributed by atoms with Crippen molar-refractivity contribution in [2.45, 2.75) is 163 Å². The van der Waals surface area contributed by atoms with Crippen molar-refractivity contribution in [1.82, 2.24) is 47.8 Å². The number of aromatic nitrogens is 15. The van der Waals surface area contributed by atoms with Crippen LogP contribution in [0.3, 0.4) is 0 Å². The molecule has 0 saturated heterocycles. The molecule has 15 nitrogen and oxygen atoms in total. The average molecular weight is 1940 g/mol. The van der Waals surface area contributed by atoms with Crippen molar-refractivity contribution in [3.8, 4) is 62.0 Å². The van der Waals surface area contributed by atoms with E-state index in [0.717, 1.165) is 123 Å². The molecule has 5 aliphatic rings. The monoisotopic (exact) mass is 1940 g/mol. The number of nitrogens with zero attached hydrogens (tertiary/aromatic N) is 15. The van der Waals surface area contributed by atoms with E-state index in [4.69, 9.17) is 22.7 Å². The minimum atomic E-state index is -1.41. The molecular formula is C133H128N15+5. The Morgan fingerprint density at radius 2 is 0.662 bits per heavy atom. The number of rotatable bonds is 9. The number of fused-ring (bicyclic) bond motifs is 27. The van der Waals surface area contributed by atoms with Crippen LogP contribution in [-0.2, 0) is 80.1 Å². The number of pyridine rings is 5. The SMILES string of the molecule is CC1=Cn2c(nc3c(-c4cc(C)c5c(C)cccc5[n+]4C)c(C)c4ccccc4c32)C1.CC1=Cn2c(nc3c(-c4cc(C)c5c(C)cccc5[n+]4C)c(C)c4ccccc4c32)C1.CC1=Cn2c(nc3c(-c4ccc5c(CC(C)C)cccc5[n+]4C)c(C)c4ccccc4c32)C1.Cc1ccc2c(c1-c1cccc[n+]1C)-n1ccnc1C2.[2H]C([2H])(c1cccc2c1ccc(-c1c(C)c3ccccc3c3c1nc1n3C=C(C)C1)[n+]2C)C(C)C. The van der Waals surface area contributed by atoms with Gasteiger partial charge in [-0.2, -0.15) is 18.3 Å². The molecule has 0 saturated carbocycles. The largest absolute Gasteiger partial charge is 0.302 e. The van der Waals surface area contributed by atoms with Gasteiger partial charge in [-0.05, 0) is 243 Å². The number of aryl methyl sites for hydroxylation is 14. The fourth-order valence-corrected chi connectivity index (χ4v) is 25.3. The lowest BCUT2D eigenvalue weighted by Crippen LogP contribution is -2.33. The number of allylic oxidation sites excluding steroid dienone is 4. The van der Waals surface area contributed by atoms with Crippen molar-refractivity contribution in [2.75, 3.05) is 0 Å². The topological polar surface area (TPSA) is 108 Å². The molecule has 23 aromatic rings. The van der Waals surface area contributed by atoms with Gasteiger partial charge in [0.25, 0.3) is 0 Å². The first-order valence-electron chi connectivity index (χ1n) is 53.4. The second-order valence-electron chi connectivity index (χ2n) is 43.0. The van der Waals surface area contributed by atoms with Gasteiger partial charge in [-0.3, -0.25) is 0 Å². The van der Waals surface area contributed by atoms with Gasteiger partial charge in [0.2, 0.25) is 50.5 Å². The molecule has 0 N–H and O–H groups in total. The maximum absolute atomic E-state index is 8.73. The quantitative estimate of drug-likeness (QED) is 0.134. The first kappa shape index (κ1) is 91.7. The van der Waals surface area contributed by atoms with E-state index in [9.17, 15) is 0 Å². The van der Waals surface area contributed by atoms with Crippen molar-refractivity contribution in [3.05, 3.63) is 373 Å². The fourth-order valence-electron chi connectivity index (χ4n) is 25.3. The minimum Gasteiger partial charge on any atom is -0.302 e. The Morgan fingerprint density at radius 1 is 0.304 bits per heavy atom. The maximum Gasteiger partial charge on any atom is 0.215 e. The van der Waals surface area contributed by atoms with E-state index < -0.39 is 6.37 Å². The Bertz CT molecular complexity index is 9670. The zero-order valence-electron chi connectivity index (χ0n) is 91.2. The van der Waals surface area contributed by atoms with Crippen LogP contribution >= 0.6 is 0 Å². The summed E-state index contributed by atoms with van der Waals surface area (Å²) < 4.78 is 40.3. The summed E-state index contributed by atoms with van der Waals surface area (Å²) in [4.78, 5) is 25.2. The van der Waals surface area contributed by atoms with E-state index in [2.05, 4.69) is 451 Å². The molecule has 28 rings (SSSR count). The van der Waals surface area contributed by atoms with Gasteiger partial charge in [-0.25, -0.2) is 29.5 Å². The van der Waals surface area contributed by atoms with Crippen LogP contribution in [0.2, 0.25) is 0 Å². The van der Waals surface area contributed by atoms with E-state index in [1.54, 1.807) is 0 Å². The number of imidazole rings is 5. The smallest absolute Gasteiger partial charge is 0.215 e. The zero-order valence-corrected chi connectivity index (χ0v) is 89.2. The lowest BCUT2D eigenvalue weighted by atomic mass is 9.93. The van der Waals surface area contributed by atoms with Gasteiger partial charge in [-0.1, -0.05) is 185 Å². The normalized spacial score (nSPS) is 13.6. The predicted octanol–water partition coefficient (Wildman–Crippen LogP) is 28.4. The van der Waals surface area contributed by atoms with Crippen LogP contribution in [0.4, 0.5) is 0 Å².